The molecular formula is C22H22ClF2N5O7S. The number of aliphatic hydroxyl groups is 1. The molecule has 12 nitrogen and oxygen atoms in total. The predicted octanol–water partition coefficient (Wildman–Crippen LogP) is 2.13. The van der Waals surface area contributed by atoms with Crippen LogP contribution in [0, 0.1) is 6.92 Å². The van der Waals surface area contributed by atoms with Gasteiger partial charge in [-0.2, -0.15) is 9.78 Å². The minimum atomic E-state index is -3.20. The third kappa shape index (κ3) is 6.07. The Labute approximate surface area is 221 Å². The summed E-state index contributed by atoms with van der Waals surface area (Å²) in [7, 11) is -0.316. The fourth-order valence-corrected chi connectivity index (χ4v) is 4.96. The number of ether oxygens (including phenoxy) is 3. The molecule has 1 saturated carbocycles. The molecule has 2 heterocycles. The zero-order chi connectivity index (χ0) is 27.6. The lowest BCUT2D eigenvalue weighted by molar-refractivity contribution is 0.0486. The van der Waals surface area contributed by atoms with Gasteiger partial charge in [0.15, 0.2) is 24.0 Å². The standard InChI is InChI=1S/C22H22ClF2N5O7S/c1-10-3-12(30-22(33)27-21(32)18(28-30)20(24)25)6-14(23)19(10)37-17-7-16(15(8-26-17)36-9-35-2)38(34)29-11-4-13(31)5-11/h3,6-8,11,13,20,29,31H,4-5,9H2,1-2H3,(H,27,32,33). The summed E-state index contributed by atoms with van der Waals surface area (Å²) in [6, 6.07) is 3.88. The number of benzene rings is 1. The molecule has 1 atom stereocenters. The summed E-state index contributed by atoms with van der Waals surface area (Å²) in [5.74, 6) is 0.305. The first-order valence-corrected chi connectivity index (χ1v) is 12.6. The van der Waals surface area contributed by atoms with Crippen LogP contribution in [0.15, 0.2) is 38.9 Å². The van der Waals surface area contributed by atoms with Crippen LogP contribution in [0.25, 0.3) is 5.69 Å². The molecule has 38 heavy (non-hydrogen) atoms. The third-order valence-electron chi connectivity index (χ3n) is 5.45. The summed E-state index contributed by atoms with van der Waals surface area (Å²) in [4.78, 5) is 29.9. The molecule has 1 fully saturated rings. The van der Waals surface area contributed by atoms with Crippen LogP contribution in [0.5, 0.6) is 17.4 Å². The highest BCUT2D eigenvalue weighted by atomic mass is 35.5. The fraction of sp³-hybridized carbons (Fsp3) is 0.364. The minimum Gasteiger partial charge on any atom is -0.465 e. The van der Waals surface area contributed by atoms with Gasteiger partial charge in [0, 0.05) is 19.2 Å². The SMILES string of the molecule is COCOc1cnc(Oc2c(C)cc(-n3nc(C(F)F)c(=O)[nH]c3=O)cc2Cl)cc1S(=O)NC1CC(O)C1. The van der Waals surface area contributed by atoms with Crippen molar-refractivity contribution in [3.05, 3.63) is 61.5 Å². The van der Waals surface area contributed by atoms with E-state index >= 15 is 0 Å². The lowest BCUT2D eigenvalue weighted by Gasteiger charge is -2.31. The highest BCUT2D eigenvalue weighted by Gasteiger charge is 2.29. The Kier molecular flexibility index (Phi) is 8.52. The van der Waals surface area contributed by atoms with E-state index < -0.39 is 40.5 Å². The van der Waals surface area contributed by atoms with Gasteiger partial charge in [-0.1, -0.05) is 11.6 Å². The quantitative estimate of drug-likeness (QED) is 0.309. The number of nitrogens with one attached hydrogen (secondary N) is 2. The minimum absolute atomic E-state index is 0.00521. The number of pyridine rings is 1. The summed E-state index contributed by atoms with van der Waals surface area (Å²) in [5, 5.41) is 12.9. The van der Waals surface area contributed by atoms with Crippen LogP contribution < -0.4 is 25.4 Å². The summed E-state index contributed by atoms with van der Waals surface area (Å²) in [6.45, 7) is 1.46. The smallest absolute Gasteiger partial charge is 0.349 e. The van der Waals surface area contributed by atoms with Gasteiger partial charge in [-0.25, -0.2) is 27.5 Å². The van der Waals surface area contributed by atoms with Gasteiger partial charge in [0.25, 0.3) is 12.0 Å². The van der Waals surface area contributed by atoms with Gasteiger partial charge in [-0.15, -0.1) is 0 Å². The Bertz CT molecular complexity index is 1460. The van der Waals surface area contributed by atoms with Crippen LogP contribution in [-0.4, -0.2) is 55.1 Å². The first kappa shape index (κ1) is 27.8. The first-order chi connectivity index (χ1) is 18.1. The Morgan fingerprint density at radius 2 is 2.05 bits per heavy atom. The number of hydrogen-bond donors (Lipinski definition) is 3. The highest BCUT2D eigenvalue weighted by Crippen LogP contribution is 2.36. The maximum absolute atomic E-state index is 13.1. The van der Waals surface area contributed by atoms with Crippen LogP contribution in [0.2, 0.25) is 5.02 Å². The van der Waals surface area contributed by atoms with Crippen molar-refractivity contribution in [3.8, 4) is 23.1 Å². The number of methoxy groups -OCH3 is 1. The van der Waals surface area contributed by atoms with E-state index in [1.165, 1.54) is 31.5 Å². The number of aromatic amines is 1. The lowest BCUT2D eigenvalue weighted by atomic mass is 9.91. The van der Waals surface area contributed by atoms with Crippen molar-refractivity contribution in [2.45, 2.75) is 43.2 Å². The molecule has 0 saturated heterocycles. The van der Waals surface area contributed by atoms with Crippen molar-refractivity contribution in [1.29, 1.82) is 0 Å². The van der Waals surface area contributed by atoms with Crippen molar-refractivity contribution < 1.29 is 32.3 Å². The molecule has 0 aliphatic heterocycles. The second-order valence-corrected chi connectivity index (χ2v) is 9.88. The molecule has 1 aliphatic rings. The molecule has 0 bridgehead atoms. The molecule has 1 unspecified atom stereocenters. The number of H-pyrrole nitrogens is 1. The van der Waals surface area contributed by atoms with Crippen LogP contribution in [0.4, 0.5) is 8.78 Å². The molecule has 4 rings (SSSR count). The van der Waals surface area contributed by atoms with Gasteiger partial charge < -0.3 is 19.3 Å². The summed E-state index contributed by atoms with van der Waals surface area (Å²) in [5.41, 5.74) is -3.06. The molecule has 3 N–H and O–H groups in total. The second-order valence-electron chi connectivity index (χ2n) is 8.26. The molecule has 1 aliphatic carbocycles. The number of alkyl halides is 2. The number of rotatable bonds is 10. The van der Waals surface area contributed by atoms with Gasteiger partial charge in [-0.05, 0) is 37.5 Å². The number of aromatic nitrogens is 4. The van der Waals surface area contributed by atoms with E-state index in [4.69, 9.17) is 25.8 Å². The van der Waals surface area contributed by atoms with Crippen LogP contribution >= 0.6 is 11.6 Å². The van der Waals surface area contributed by atoms with Crippen molar-refractivity contribution in [3.63, 3.8) is 0 Å². The van der Waals surface area contributed by atoms with Crippen molar-refractivity contribution >= 4 is 22.6 Å². The molecule has 0 spiro atoms. The molecule has 1 aromatic carbocycles. The van der Waals surface area contributed by atoms with Gasteiger partial charge >= 0.3 is 5.69 Å². The lowest BCUT2D eigenvalue weighted by Crippen LogP contribution is -2.44. The molecule has 2 aromatic heterocycles. The predicted molar refractivity (Wildman–Crippen MR) is 131 cm³/mol. The summed E-state index contributed by atoms with van der Waals surface area (Å²) >= 11 is 6.38. The van der Waals surface area contributed by atoms with E-state index in [0.717, 1.165) is 0 Å². The van der Waals surface area contributed by atoms with Crippen molar-refractivity contribution in [2.75, 3.05) is 13.9 Å². The maximum atomic E-state index is 13.1. The number of aliphatic hydroxyl groups excluding tert-OH is 1. The molecule has 16 heteroatoms. The van der Waals surface area contributed by atoms with E-state index in [9.17, 15) is 27.7 Å². The topological polar surface area (TPSA) is 158 Å². The summed E-state index contributed by atoms with van der Waals surface area (Å²) in [6.07, 6.45) is -1.42. The molecular weight excluding hydrogens is 552 g/mol. The zero-order valence-corrected chi connectivity index (χ0v) is 21.5. The normalized spacial score (nSPS) is 17.8. The molecule has 0 amide bonds. The molecule has 0 radical (unpaired) electrons. The Morgan fingerprint density at radius 3 is 2.68 bits per heavy atom. The van der Waals surface area contributed by atoms with E-state index in [-0.39, 0.29) is 45.8 Å². The van der Waals surface area contributed by atoms with Crippen LogP contribution in [-0.2, 0) is 15.7 Å². The highest BCUT2D eigenvalue weighted by molar-refractivity contribution is 7.83. The molecule has 3 aromatic rings. The zero-order valence-electron chi connectivity index (χ0n) is 19.9. The van der Waals surface area contributed by atoms with Gasteiger partial charge in [0.05, 0.1) is 23.0 Å². The maximum Gasteiger partial charge on any atom is 0.349 e. The number of nitrogens with zero attached hydrogens (tertiary/aromatic N) is 3. The summed E-state index contributed by atoms with van der Waals surface area (Å²) < 4.78 is 58.9. The van der Waals surface area contributed by atoms with Gasteiger partial charge in [-0.3, -0.25) is 9.78 Å². The van der Waals surface area contributed by atoms with Gasteiger partial charge in [0.2, 0.25) is 5.88 Å². The number of hydrogen-bond acceptors (Lipinski definition) is 9. The van der Waals surface area contributed by atoms with Crippen LogP contribution in [0.3, 0.4) is 0 Å². The monoisotopic (exact) mass is 573 g/mol. The van der Waals surface area contributed by atoms with E-state index in [1.807, 2.05) is 0 Å². The molecule has 204 valence electrons. The second kappa shape index (κ2) is 11.7. The van der Waals surface area contributed by atoms with E-state index in [0.29, 0.717) is 23.1 Å². The van der Waals surface area contributed by atoms with Gasteiger partial charge in [0.1, 0.15) is 15.9 Å². The van der Waals surface area contributed by atoms with E-state index in [2.05, 4.69) is 14.8 Å². The third-order valence-corrected chi connectivity index (χ3v) is 7.00. The van der Waals surface area contributed by atoms with Crippen molar-refractivity contribution in [2.24, 2.45) is 0 Å². The Hall–Kier alpha value is -3.24. The average molecular weight is 574 g/mol. The fourth-order valence-electron chi connectivity index (χ4n) is 3.54. The average Bonchev–Trinajstić information content (AvgIpc) is 2.84. The largest absolute Gasteiger partial charge is 0.465 e. The number of aryl methyl sites for hydroxylation is 1. The Balaban J connectivity index is 1.64. The van der Waals surface area contributed by atoms with Crippen molar-refractivity contribution in [1.82, 2.24) is 24.5 Å². The Morgan fingerprint density at radius 1 is 1.32 bits per heavy atom. The first-order valence-electron chi connectivity index (χ1n) is 11.0. The number of halogens is 3. The van der Waals surface area contributed by atoms with E-state index in [1.54, 1.807) is 11.9 Å². The van der Waals surface area contributed by atoms with Crippen LogP contribution in [0.1, 0.15) is 30.5 Å².